The fraction of sp³-hybridized carbons (Fsp3) is 0.111. The molecule has 0 fully saturated rings. The van der Waals surface area contributed by atoms with Crippen molar-refractivity contribution >= 4 is 22.8 Å². The van der Waals surface area contributed by atoms with Gasteiger partial charge in [-0.1, -0.05) is 0 Å². The highest BCUT2D eigenvalue weighted by atomic mass is 16.1. The molecule has 2 rings (SSSR count). The number of aromatic nitrogens is 2. The molecular weight excluding hydrogens is 166 g/mol. The molecule has 64 valence electrons. The number of carbonyl (C=O) groups excluding carboxylic acids is 1. The van der Waals surface area contributed by atoms with E-state index in [-0.39, 0.29) is 0 Å². The fourth-order valence-corrected chi connectivity index (χ4v) is 1.31. The lowest BCUT2D eigenvalue weighted by Crippen LogP contribution is -1.74. The molecule has 13 heavy (non-hydrogen) atoms. The van der Waals surface area contributed by atoms with Crippen LogP contribution in [0.15, 0.2) is 23.3 Å². The minimum atomic E-state index is 0.414. The molecule has 0 unspecified atom stereocenters. The maximum atomic E-state index is 10.1. The number of aliphatic imine (C=N–C) groups is 1. The van der Waals surface area contributed by atoms with Crippen LogP contribution in [0.4, 0.5) is 5.82 Å². The third-order valence-corrected chi connectivity index (χ3v) is 1.81. The molecule has 2 heterocycles. The molecular formula is C9H7N3O. The van der Waals surface area contributed by atoms with E-state index in [0.29, 0.717) is 5.82 Å². The van der Waals surface area contributed by atoms with E-state index in [4.69, 9.17) is 0 Å². The summed E-state index contributed by atoms with van der Waals surface area (Å²) in [5.41, 5.74) is 1.95. The topological polar surface area (TPSA) is 58.1 Å². The molecule has 0 aliphatic heterocycles. The lowest BCUT2D eigenvalue weighted by molar-refractivity contribution is 0.565. The van der Waals surface area contributed by atoms with Gasteiger partial charge >= 0.3 is 0 Å². The van der Waals surface area contributed by atoms with E-state index in [0.717, 1.165) is 16.6 Å². The Bertz CT molecular complexity index is 495. The summed E-state index contributed by atoms with van der Waals surface area (Å²) in [4.78, 5) is 20.7. The number of nitrogens with one attached hydrogen (secondary N) is 1. The summed E-state index contributed by atoms with van der Waals surface area (Å²) >= 11 is 0. The number of rotatable bonds is 1. The molecule has 0 aliphatic rings. The third-order valence-electron chi connectivity index (χ3n) is 1.81. The molecule has 0 bridgehead atoms. The van der Waals surface area contributed by atoms with Crippen molar-refractivity contribution in [2.24, 2.45) is 4.99 Å². The summed E-state index contributed by atoms with van der Waals surface area (Å²) in [7, 11) is 0. The maximum Gasteiger partial charge on any atom is 0.242 e. The van der Waals surface area contributed by atoms with Crippen molar-refractivity contribution < 1.29 is 4.79 Å². The molecule has 0 atom stereocenters. The highest BCUT2D eigenvalue weighted by molar-refractivity contribution is 5.89. The zero-order valence-corrected chi connectivity index (χ0v) is 7.03. The summed E-state index contributed by atoms with van der Waals surface area (Å²) in [6, 6.07) is 3.74. The van der Waals surface area contributed by atoms with Gasteiger partial charge in [-0.15, -0.1) is 4.99 Å². The van der Waals surface area contributed by atoms with E-state index >= 15 is 0 Å². The van der Waals surface area contributed by atoms with Crippen LogP contribution < -0.4 is 0 Å². The summed E-state index contributed by atoms with van der Waals surface area (Å²) in [5, 5.41) is 0.850. The van der Waals surface area contributed by atoms with Gasteiger partial charge in [0.25, 0.3) is 0 Å². The zero-order valence-electron chi connectivity index (χ0n) is 7.03. The van der Waals surface area contributed by atoms with Crippen LogP contribution in [0, 0.1) is 6.92 Å². The Labute approximate surface area is 74.3 Å². The van der Waals surface area contributed by atoms with Crippen molar-refractivity contribution in [3.63, 3.8) is 0 Å². The summed E-state index contributed by atoms with van der Waals surface area (Å²) in [6.07, 6.45) is 3.09. The van der Waals surface area contributed by atoms with Gasteiger partial charge in [-0.25, -0.2) is 9.78 Å². The van der Waals surface area contributed by atoms with Crippen LogP contribution in [-0.4, -0.2) is 16.0 Å². The van der Waals surface area contributed by atoms with Gasteiger partial charge in [0.05, 0.1) is 5.52 Å². The van der Waals surface area contributed by atoms with Gasteiger partial charge in [0.2, 0.25) is 6.08 Å². The quantitative estimate of drug-likeness (QED) is 0.528. The molecule has 1 N–H and O–H groups in total. The predicted octanol–water partition coefficient (Wildman–Crippen LogP) is 1.84. The van der Waals surface area contributed by atoms with Crippen LogP contribution in [0.2, 0.25) is 0 Å². The fourth-order valence-electron chi connectivity index (χ4n) is 1.31. The summed E-state index contributed by atoms with van der Waals surface area (Å²) in [6.45, 7) is 1.94. The number of nitrogens with zero attached hydrogens (tertiary/aromatic N) is 2. The second kappa shape index (κ2) is 2.84. The van der Waals surface area contributed by atoms with Crippen LogP contribution in [0.5, 0.6) is 0 Å². The van der Waals surface area contributed by atoms with Gasteiger partial charge in [-0.3, -0.25) is 0 Å². The summed E-state index contributed by atoms with van der Waals surface area (Å²) in [5.74, 6) is 0.414. The molecule has 4 heteroatoms. The Morgan fingerprint density at radius 1 is 1.62 bits per heavy atom. The van der Waals surface area contributed by atoms with Gasteiger partial charge in [0.15, 0.2) is 5.82 Å². The molecule has 2 aromatic heterocycles. The standard InChI is InChI=1S/C9H7N3O/c1-6-4-7-8(12-6)2-3-10-9(7)11-5-13/h2-4,12H,1H3. The van der Waals surface area contributed by atoms with Gasteiger partial charge < -0.3 is 4.98 Å². The number of pyridine rings is 1. The number of isocyanates is 1. The van der Waals surface area contributed by atoms with E-state index in [1.807, 2.05) is 19.1 Å². The highest BCUT2D eigenvalue weighted by Gasteiger charge is 2.02. The van der Waals surface area contributed by atoms with Crippen molar-refractivity contribution in [3.8, 4) is 0 Å². The number of fused-ring (bicyclic) bond motifs is 1. The average Bonchev–Trinajstić information content (AvgIpc) is 2.47. The Morgan fingerprint density at radius 2 is 2.46 bits per heavy atom. The number of hydrogen-bond donors (Lipinski definition) is 1. The maximum absolute atomic E-state index is 10.1. The van der Waals surface area contributed by atoms with E-state index < -0.39 is 0 Å². The Kier molecular flexibility index (Phi) is 1.69. The molecule has 0 saturated carbocycles. The van der Waals surface area contributed by atoms with Crippen LogP contribution in [0.25, 0.3) is 10.9 Å². The second-order valence-corrected chi connectivity index (χ2v) is 2.75. The van der Waals surface area contributed by atoms with Crippen molar-refractivity contribution in [2.75, 3.05) is 0 Å². The minimum absolute atomic E-state index is 0.414. The normalized spacial score (nSPS) is 9.92. The van der Waals surface area contributed by atoms with Gasteiger partial charge in [0.1, 0.15) is 0 Å². The largest absolute Gasteiger partial charge is 0.358 e. The summed E-state index contributed by atoms with van der Waals surface area (Å²) < 4.78 is 0. The SMILES string of the molecule is Cc1cc2c(N=C=O)nccc2[nH]1. The van der Waals surface area contributed by atoms with Crippen LogP contribution in [0.1, 0.15) is 5.69 Å². The number of aryl methyl sites for hydroxylation is 1. The first-order chi connectivity index (χ1) is 6.31. The first kappa shape index (κ1) is 7.71. The number of H-pyrrole nitrogens is 1. The minimum Gasteiger partial charge on any atom is -0.358 e. The molecule has 2 aromatic rings. The monoisotopic (exact) mass is 173 g/mol. The highest BCUT2D eigenvalue weighted by Crippen LogP contribution is 2.23. The van der Waals surface area contributed by atoms with Gasteiger partial charge in [0, 0.05) is 17.3 Å². The molecule has 0 saturated heterocycles. The number of hydrogen-bond acceptors (Lipinski definition) is 3. The van der Waals surface area contributed by atoms with E-state index in [9.17, 15) is 4.79 Å². The second-order valence-electron chi connectivity index (χ2n) is 2.75. The Hall–Kier alpha value is -1.93. The van der Waals surface area contributed by atoms with E-state index in [1.165, 1.54) is 6.08 Å². The molecule has 4 nitrogen and oxygen atoms in total. The lowest BCUT2D eigenvalue weighted by atomic mass is 10.3. The molecule has 0 spiro atoms. The van der Waals surface area contributed by atoms with Gasteiger partial charge in [-0.05, 0) is 19.1 Å². The van der Waals surface area contributed by atoms with E-state index in [1.54, 1.807) is 6.20 Å². The number of aromatic amines is 1. The Morgan fingerprint density at radius 3 is 3.23 bits per heavy atom. The average molecular weight is 173 g/mol. The first-order valence-corrected chi connectivity index (χ1v) is 3.83. The molecule has 0 aliphatic carbocycles. The zero-order chi connectivity index (χ0) is 9.26. The molecule has 0 radical (unpaired) electrons. The van der Waals surface area contributed by atoms with Crippen molar-refractivity contribution in [2.45, 2.75) is 6.92 Å². The third kappa shape index (κ3) is 1.23. The Balaban J connectivity index is 2.81. The van der Waals surface area contributed by atoms with Gasteiger partial charge in [-0.2, -0.15) is 0 Å². The molecule has 0 amide bonds. The van der Waals surface area contributed by atoms with Crippen molar-refractivity contribution in [1.82, 2.24) is 9.97 Å². The van der Waals surface area contributed by atoms with E-state index in [2.05, 4.69) is 15.0 Å². The predicted molar refractivity (Wildman–Crippen MR) is 48.6 cm³/mol. The first-order valence-electron chi connectivity index (χ1n) is 3.83. The lowest BCUT2D eigenvalue weighted by Gasteiger charge is -1.90. The van der Waals surface area contributed by atoms with Crippen molar-refractivity contribution in [1.29, 1.82) is 0 Å². The van der Waals surface area contributed by atoms with Crippen LogP contribution >= 0.6 is 0 Å². The smallest absolute Gasteiger partial charge is 0.242 e. The van der Waals surface area contributed by atoms with Crippen LogP contribution in [-0.2, 0) is 4.79 Å². The molecule has 0 aromatic carbocycles. The van der Waals surface area contributed by atoms with Crippen LogP contribution in [0.3, 0.4) is 0 Å². The van der Waals surface area contributed by atoms with Crippen molar-refractivity contribution in [3.05, 3.63) is 24.0 Å².